The van der Waals surface area contributed by atoms with Gasteiger partial charge in [0.25, 0.3) is 0 Å². The van der Waals surface area contributed by atoms with Gasteiger partial charge in [0.05, 0.1) is 0 Å². The Hall–Kier alpha value is 0.350. The molecule has 0 aromatic carbocycles. The zero-order chi connectivity index (χ0) is 8.70. The van der Waals surface area contributed by atoms with Crippen molar-refractivity contribution < 1.29 is 0 Å². The molecule has 0 aromatic rings. The van der Waals surface area contributed by atoms with E-state index in [0.717, 1.165) is 5.92 Å². The van der Waals surface area contributed by atoms with Crippen LogP contribution in [-0.4, -0.2) is 4.75 Å². The summed E-state index contributed by atoms with van der Waals surface area (Å²) >= 11 is 4.64. The van der Waals surface area contributed by atoms with Crippen LogP contribution in [0.1, 0.15) is 47.0 Å². The monoisotopic (exact) mass is 172 g/mol. The maximum atomic E-state index is 4.64. The van der Waals surface area contributed by atoms with Crippen LogP contribution in [0.3, 0.4) is 0 Å². The van der Waals surface area contributed by atoms with Crippen LogP contribution in [0, 0.1) is 11.3 Å². The molecule has 1 fully saturated rings. The van der Waals surface area contributed by atoms with Crippen LogP contribution in [0.15, 0.2) is 0 Å². The predicted molar refractivity (Wildman–Crippen MR) is 54.2 cm³/mol. The van der Waals surface area contributed by atoms with Gasteiger partial charge in [-0.2, -0.15) is 12.6 Å². The summed E-state index contributed by atoms with van der Waals surface area (Å²) in [6, 6.07) is 0. The molecule has 0 N–H and O–H groups in total. The molecule has 0 spiro atoms. The second-order valence-electron chi connectivity index (χ2n) is 5.30. The van der Waals surface area contributed by atoms with E-state index in [2.05, 4.69) is 40.3 Å². The van der Waals surface area contributed by atoms with Gasteiger partial charge in [-0.25, -0.2) is 0 Å². The van der Waals surface area contributed by atoms with E-state index in [9.17, 15) is 0 Å². The molecule has 0 radical (unpaired) electrons. The molecule has 1 saturated carbocycles. The molecule has 1 heteroatoms. The lowest BCUT2D eigenvalue weighted by Gasteiger charge is -2.28. The average molecular weight is 172 g/mol. The molecule has 1 rings (SSSR count). The Kier molecular flexibility index (Phi) is 2.31. The Balaban J connectivity index is 2.55. The fraction of sp³-hybridized carbons (Fsp3) is 1.00. The van der Waals surface area contributed by atoms with Crippen molar-refractivity contribution in [2.24, 2.45) is 11.3 Å². The minimum absolute atomic E-state index is 0.317. The smallest absolute Gasteiger partial charge is 0.0104 e. The molecular weight excluding hydrogens is 152 g/mol. The molecule has 0 nitrogen and oxygen atoms in total. The largest absolute Gasteiger partial charge is 0.173 e. The molecule has 0 bridgehead atoms. The Bertz CT molecular complexity index is 141. The molecule has 0 amide bonds. The molecule has 1 aliphatic rings. The Morgan fingerprint density at radius 3 is 2.09 bits per heavy atom. The number of rotatable bonds is 0. The maximum absolute atomic E-state index is 4.64. The highest BCUT2D eigenvalue weighted by molar-refractivity contribution is 7.81. The van der Waals surface area contributed by atoms with Gasteiger partial charge in [-0.15, -0.1) is 0 Å². The minimum Gasteiger partial charge on any atom is -0.173 e. The van der Waals surface area contributed by atoms with Gasteiger partial charge < -0.3 is 0 Å². The lowest BCUT2D eigenvalue weighted by atomic mass is 9.79. The van der Waals surface area contributed by atoms with E-state index in [4.69, 9.17) is 0 Å². The second kappa shape index (κ2) is 2.69. The third kappa shape index (κ3) is 2.40. The van der Waals surface area contributed by atoms with Crippen LogP contribution < -0.4 is 0 Å². The zero-order valence-corrected chi connectivity index (χ0v) is 9.04. The first-order valence-electron chi connectivity index (χ1n) is 4.54. The molecule has 11 heavy (non-hydrogen) atoms. The lowest BCUT2D eigenvalue weighted by Crippen LogP contribution is -2.20. The zero-order valence-electron chi connectivity index (χ0n) is 8.15. The van der Waals surface area contributed by atoms with Gasteiger partial charge in [-0.05, 0) is 30.6 Å². The van der Waals surface area contributed by atoms with Gasteiger partial charge >= 0.3 is 0 Å². The van der Waals surface area contributed by atoms with Crippen LogP contribution in [0.2, 0.25) is 0 Å². The van der Waals surface area contributed by atoms with E-state index in [1.165, 1.54) is 19.3 Å². The molecule has 0 heterocycles. The molecular formula is C10H20S. The highest BCUT2D eigenvalue weighted by atomic mass is 32.1. The van der Waals surface area contributed by atoms with Crippen molar-refractivity contribution in [2.45, 2.75) is 51.7 Å². The van der Waals surface area contributed by atoms with Crippen molar-refractivity contribution in [3.8, 4) is 0 Å². The normalized spacial score (nSPS) is 39.5. The molecule has 2 atom stereocenters. The van der Waals surface area contributed by atoms with Crippen LogP contribution >= 0.6 is 12.6 Å². The van der Waals surface area contributed by atoms with Gasteiger partial charge in [0.2, 0.25) is 0 Å². The molecule has 2 unspecified atom stereocenters. The van der Waals surface area contributed by atoms with Gasteiger partial charge in [-0.1, -0.05) is 27.7 Å². The lowest BCUT2D eigenvalue weighted by molar-refractivity contribution is 0.243. The van der Waals surface area contributed by atoms with E-state index < -0.39 is 0 Å². The van der Waals surface area contributed by atoms with Crippen molar-refractivity contribution in [2.75, 3.05) is 0 Å². The third-order valence-electron chi connectivity index (χ3n) is 2.94. The van der Waals surface area contributed by atoms with E-state index in [-0.39, 0.29) is 0 Å². The summed E-state index contributed by atoms with van der Waals surface area (Å²) in [4.78, 5) is 0. The van der Waals surface area contributed by atoms with Gasteiger partial charge in [0, 0.05) is 4.75 Å². The Labute approximate surface area is 76.2 Å². The van der Waals surface area contributed by atoms with Gasteiger partial charge in [-0.3, -0.25) is 0 Å². The number of hydrogen-bond acceptors (Lipinski definition) is 1. The summed E-state index contributed by atoms with van der Waals surface area (Å²) in [6.45, 7) is 9.29. The summed E-state index contributed by atoms with van der Waals surface area (Å²) in [5.74, 6) is 0.880. The van der Waals surface area contributed by atoms with Crippen LogP contribution in [0.5, 0.6) is 0 Å². The van der Waals surface area contributed by atoms with E-state index in [1.807, 2.05) is 0 Å². The van der Waals surface area contributed by atoms with Crippen molar-refractivity contribution in [3.05, 3.63) is 0 Å². The highest BCUT2D eigenvalue weighted by Gasteiger charge is 2.37. The van der Waals surface area contributed by atoms with E-state index in [0.29, 0.717) is 10.2 Å². The van der Waals surface area contributed by atoms with E-state index in [1.54, 1.807) is 0 Å². The fourth-order valence-electron chi connectivity index (χ4n) is 1.96. The predicted octanol–water partition coefficient (Wildman–Crippen LogP) is 3.52. The summed E-state index contributed by atoms with van der Waals surface area (Å²) in [7, 11) is 0. The summed E-state index contributed by atoms with van der Waals surface area (Å²) in [5.41, 5.74) is 0.487. The molecule has 66 valence electrons. The SMILES string of the molecule is CC1(S)CCC(C(C)(C)C)C1. The number of thiol groups is 1. The average Bonchev–Trinajstić information content (AvgIpc) is 2.07. The van der Waals surface area contributed by atoms with Crippen LogP contribution in [0.25, 0.3) is 0 Å². The fourth-order valence-corrected chi connectivity index (χ4v) is 2.31. The molecule has 0 aliphatic heterocycles. The summed E-state index contributed by atoms with van der Waals surface area (Å²) in [5, 5.41) is 0. The van der Waals surface area contributed by atoms with Gasteiger partial charge in [0.15, 0.2) is 0 Å². The topological polar surface area (TPSA) is 0 Å². The standard InChI is InChI=1S/C10H20S/c1-9(2,3)8-5-6-10(4,11)7-8/h8,11H,5-7H2,1-4H3. The maximum Gasteiger partial charge on any atom is 0.0104 e. The second-order valence-corrected chi connectivity index (χ2v) is 6.38. The first-order chi connectivity index (χ1) is 4.81. The van der Waals surface area contributed by atoms with E-state index >= 15 is 0 Å². The van der Waals surface area contributed by atoms with Crippen molar-refractivity contribution in [1.29, 1.82) is 0 Å². The summed E-state index contributed by atoms with van der Waals surface area (Å²) < 4.78 is 0.317. The Morgan fingerprint density at radius 2 is 1.91 bits per heavy atom. The number of hydrogen-bond donors (Lipinski definition) is 1. The first kappa shape index (κ1) is 9.44. The highest BCUT2D eigenvalue weighted by Crippen LogP contribution is 2.46. The molecule has 1 aliphatic carbocycles. The van der Waals surface area contributed by atoms with Gasteiger partial charge in [0.1, 0.15) is 0 Å². The third-order valence-corrected chi connectivity index (χ3v) is 3.35. The minimum atomic E-state index is 0.317. The quantitative estimate of drug-likeness (QED) is 0.531. The first-order valence-corrected chi connectivity index (χ1v) is 4.98. The molecule has 0 saturated heterocycles. The van der Waals surface area contributed by atoms with Crippen LogP contribution in [-0.2, 0) is 0 Å². The Morgan fingerprint density at radius 1 is 1.36 bits per heavy atom. The summed E-state index contributed by atoms with van der Waals surface area (Å²) in [6.07, 6.45) is 3.95. The van der Waals surface area contributed by atoms with Crippen molar-refractivity contribution in [1.82, 2.24) is 0 Å². The van der Waals surface area contributed by atoms with Crippen LogP contribution in [0.4, 0.5) is 0 Å². The molecule has 0 aromatic heterocycles. The van der Waals surface area contributed by atoms with Crippen molar-refractivity contribution in [3.63, 3.8) is 0 Å². The van der Waals surface area contributed by atoms with Crippen molar-refractivity contribution >= 4 is 12.6 Å².